The van der Waals surface area contributed by atoms with Gasteiger partial charge in [-0.15, -0.1) is 12.4 Å². The molecule has 1 amide bonds. The molecule has 24 heavy (non-hydrogen) atoms. The van der Waals surface area contributed by atoms with E-state index in [1.165, 1.54) is 12.1 Å². The fourth-order valence-corrected chi connectivity index (χ4v) is 2.63. The van der Waals surface area contributed by atoms with E-state index in [2.05, 4.69) is 10.6 Å². The van der Waals surface area contributed by atoms with E-state index in [1.54, 1.807) is 6.07 Å². The predicted octanol–water partition coefficient (Wildman–Crippen LogP) is 2.33. The Bertz CT molecular complexity index is 534. The Morgan fingerprint density at radius 1 is 1.54 bits per heavy atom. The largest absolute Gasteiger partial charge is 0.372 e. The summed E-state index contributed by atoms with van der Waals surface area (Å²) in [5.41, 5.74) is 0.722. The minimum Gasteiger partial charge on any atom is -0.372 e. The van der Waals surface area contributed by atoms with Crippen LogP contribution in [0.25, 0.3) is 0 Å². The molecule has 8 heteroatoms. The zero-order valence-corrected chi connectivity index (χ0v) is 15.1. The third-order valence-corrected chi connectivity index (χ3v) is 3.99. The summed E-state index contributed by atoms with van der Waals surface area (Å²) >= 11 is 5.74. The number of ether oxygens (including phenoxy) is 2. The number of halogens is 3. The maximum Gasteiger partial charge on any atom is 0.246 e. The van der Waals surface area contributed by atoms with Crippen molar-refractivity contribution in [2.45, 2.75) is 13.0 Å². The summed E-state index contributed by atoms with van der Waals surface area (Å²) < 4.78 is 24.7. The van der Waals surface area contributed by atoms with E-state index in [1.807, 2.05) is 6.92 Å². The lowest BCUT2D eigenvalue weighted by atomic mass is 9.95. The Kier molecular flexibility index (Phi) is 9.54. The average Bonchev–Trinajstić information content (AvgIpc) is 2.79. The molecule has 0 aromatic heterocycles. The van der Waals surface area contributed by atoms with Crippen LogP contribution < -0.4 is 10.6 Å². The predicted molar refractivity (Wildman–Crippen MR) is 93.2 cm³/mol. The lowest BCUT2D eigenvalue weighted by Gasteiger charge is -2.25. The molecule has 5 nitrogen and oxygen atoms in total. The summed E-state index contributed by atoms with van der Waals surface area (Å²) in [4.78, 5) is 11.7. The van der Waals surface area contributed by atoms with Gasteiger partial charge in [-0.25, -0.2) is 4.39 Å². The normalized spacial score (nSPS) is 20.8. The van der Waals surface area contributed by atoms with Crippen LogP contribution in [-0.2, 0) is 14.3 Å². The second kappa shape index (κ2) is 10.8. The molecule has 2 atom stereocenters. The molecule has 136 valence electrons. The zero-order valence-electron chi connectivity index (χ0n) is 13.5. The number of hydrogen-bond acceptors (Lipinski definition) is 4. The first-order valence-corrected chi connectivity index (χ1v) is 8.11. The number of benzene rings is 1. The average molecular weight is 381 g/mol. The minimum atomic E-state index is -0.468. The van der Waals surface area contributed by atoms with Crippen molar-refractivity contribution in [2.75, 3.05) is 39.5 Å². The van der Waals surface area contributed by atoms with Crippen LogP contribution in [0.1, 0.15) is 18.6 Å². The van der Waals surface area contributed by atoms with Gasteiger partial charge in [-0.3, -0.25) is 4.79 Å². The Labute approximate surface area is 152 Å². The monoisotopic (exact) mass is 380 g/mol. The van der Waals surface area contributed by atoms with Crippen molar-refractivity contribution in [3.8, 4) is 0 Å². The third kappa shape index (κ3) is 6.18. The molecule has 0 saturated carbocycles. The molecular weight excluding hydrogens is 358 g/mol. The first-order valence-electron chi connectivity index (χ1n) is 7.73. The number of carbonyl (C=O) groups excluding carboxylic acids is 1. The molecule has 0 aliphatic carbocycles. The molecule has 2 rings (SSSR count). The zero-order chi connectivity index (χ0) is 16.7. The quantitative estimate of drug-likeness (QED) is 0.794. The standard InChI is InChI=1S/C16H22ClFN2O3.ClH/c1-2-22-10-15(21)20-9-12-8-19-5-6-23-16(12)11-3-4-13(17)14(18)7-11;/h3-4,7,12,16,19H,2,5-6,8-10H2,1H3,(H,20,21);1H/t12-,16-;/m0./s1. The molecule has 1 aromatic carbocycles. The van der Waals surface area contributed by atoms with Crippen molar-refractivity contribution in [3.05, 3.63) is 34.6 Å². The maximum absolute atomic E-state index is 13.7. The van der Waals surface area contributed by atoms with E-state index in [9.17, 15) is 9.18 Å². The van der Waals surface area contributed by atoms with Gasteiger partial charge < -0.3 is 20.1 Å². The topological polar surface area (TPSA) is 59.6 Å². The smallest absolute Gasteiger partial charge is 0.246 e. The first kappa shape index (κ1) is 21.1. The molecular formula is C16H23Cl2FN2O3. The van der Waals surface area contributed by atoms with Crippen LogP contribution >= 0.6 is 24.0 Å². The van der Waals surface area contributed by atoms with Gasteiger partial charge in [0.25, 0.3) is 0 Å². The van der Waals surface area contributed by atoms with Gasteiger partial charge in [-0.1, -0.05) is 17.7 Å². The van der Waals surface area contributed by atoms with E-state index >= 15 is 0 Å². The van der Waals surface area contributed by atoms with Crippen LogP contribution in [0, 0.1) is 11.7 Å². The third-order valence-electron chi connectivity index (χ3n) is 3.68. The van der Waals surface area contributed by atoms with Gasteiger partial charge in [-0.05, 0) is 24.6 Å². The molecule has 0 radical (unpaired) electrons. The second-order valence-electron chi connectivity index (χ2n) is 5.37. The van der Waals surface area contributed by atoms with E-state index in [0.717, 1.165) is 12.1 Å². The van der Waals surface area contributed by atoms with Crippen LogP contribution in [0.15, 0.2) is 18.2 Å². The SMILES string of the molecule is CCOCC(=O)NC[C@@H]1CNCCO[C@H]1c1ccc(Cl)c(F)c1.Cl. The molecule has 1 aliphatic rings. The van der Waals surface area contributed by atoms with Crippen LogP contribution in [0.2, 0.25) is 5.02 Å². The Hall–Kier alpha value is -0.920. The summed E-state index contributed by atoms with van der Waals surface area (Å²) in [5, 5.41) is 6.18. The van der Waals surface area contributed by atoms with Crippen molar-refractivity contribution in [3.63, 3.8) is 0 Å². The summed E-state index contributed by atoms with van der Waals surface area (Å²) in [7, 11) is 0. The lowest BCUT2D eigenvalue weighted by Crippen LogP contribution is -2.38. The van der Waals surface area contributed by atoms with Gasteiger partial charge in [-0.2, -0.15) is 0 Å². The molecule has 1 aromatic rings. The molecule has 0 unspecified atom stereocenters. The molecule has 1 saturated heterocycles. The number of carbonyl (C=O) groups is 1. The molecule has 1 aliphatic heterocycles. The Morgan fingerprint density at radius 2 is 2.33 bits per heavy atom. The van der Waals surface area contributed by atoms with Gasteiger partial charge in [0.15, 0.2) is 0 Å². The summed E-state index contributed by atoms with van der Waals surface area (Å²) in [6.07, 6.45) is -0.302. The summed E-state index contributed by atoms with van der Waals surface area (Å²) in [6.45, 7) is 4.71. The van der Waals surface area contributed by atoms with Gasteiger partial charge in [0.1, 0.15) is 12.4 Å². The number of rotatable bonds is 6. The van der Waals surface area contributed by atoms with Crippen LogP contribution in [0.3, 0.4) is 0 Å². The van der Waals surface area contributed by atoms with Crippen molar-refractivity contribution >= 4 is 29.9 Å². The summed E-state index contributed by atoms with van der Waals surface area (Å²) in [6, 6.07) is 4.68. The van der Waals surface area contributed by atoms with Crippen LogP contribution in [0.4, 0.5) is 4.39 Å². The van der Waals surface area contributed by atoms with Crippen molar-refractivity contribution in [2.24, 2.45) is 5.92 Å². The number of hydrogen-bond donors (Lipinski definition) is 2. The van der Waals surface area contributed by atoms with E-state index in [4.69, 9.17) is 21.1 Å². The maximum atomic E-state index is 13.7. The van der Waals surface area contributed by atoms with Gasteiger partial charge in [0.2, 0.25) is 5.91 Å². The lowest BCUT2D eigenvalue weighted by molar-refractivity contribution is -0.125. The van der Waals surface area contributed by atoms with Crippen LogP contribution in [0.5, 0.6) is 0 Å². The van der Waals surface area contributed by atoms with Crippen molar-refractivity contribution < 1.29 is 18.7 Å². The fourth-order valence-electron chi connectivity index (χ4n) is 2.52. The van der Waals surface area contributed by atoms with Crippen molar-refractivity contribution in [1.82, 2.24) is 10.6 Å². The number of amides is 1. The highest BCUT2D eigenvalue weighted by atomic mass is 35.5. The highest BCUT2D eigenvalue weighted by Gasteiger charge is 2.27. The fraction of sp³-hybridized carbons (Fsp3) is 0.562. The summed E-state index contributed by atoms with van der Waals surface area (Å²) in [5.74, 6) is -0.648. The molecule has 0 bridgehead atoms. The van der Waals surface area contributed by atoms with Gasteiger partial charge >= 0.3 is 0 Å². The van der Waals surface area contributed by atoms with Crippen molar-refractivity contribution in [1.29, 1.82) is 0 Å². The number of nitrogens with one attached hydrogen (secondary N) is 2. The van der Waals surface area contributed by atoms with E-state index in [0.29, 0.717) is 26.3 Å². The van der Waals surface area contributed by atoms with Gasteiger partial charge in [0.05, 0.1) is 17.7 Å². The molecule has 1 fully saturated rings. The molecule has 0 spiro atoms. The van der Waals surface area contributed by atoms with E-state index < -0.39 is 5.82 Å². The molecule has 1 heterocycles. The van der Waals surface area contributed by atoms with Gasteiger partial charge in [0, 0.05) is 32.2 Å². The first-order chi connectivity index (χ1) is 11.1. The Balaban J connectivity index is 0.00000288. The second-order valence-corrected chi connectivity index (χ2v) is 5.78. The van der Waals surface area contributed by atoms with Crippen LogP contribution in [-0.4, -0.2) is 45.4 Å². The Morgan fingerprint density at radius 3 is 3.04 bits per heavy atom. The highest BCUT2D eigenvalue weighted by molar-refractivity contribution is 6.30. The molecule has 2 N–H and O–H groups in total. The van der Waals surface area contributed by atoms with E-state index in [-0.39, 0.29) is 42.0 Å². The highest BCUT2D eigenvalue weighted by Crippen LogP contribution is 2.29. The minimum absolute atomic E-state index is 0.